The van der Waals surface area contributed by atoms with Crippen LogP contribution in [0.15, 0.2) is 0 Å². The molecule has 0 spiro atoms. The molecule has 0 heterocycles. The van der Waals surface area contributed by atoms with E-state index in [9.17, 15) is 4.79 Å². The molecule has 2 saturated carbocycles. The molecule has 1 N–H and O–H groups in total. The van der Waals surface area contributed by atoms with Gasteiger partial charge in [-0.05, 0) is 39.7 Å². The molecule has 0 aromatic heterocycles. The van der Waals surface area contributed by atoms with Crippen molar-refractivity contribution in [2.45, 2.75) is 70.4 Å². The zero-order valence-corrected chi connectivity index (χ0v) is 14.0. The van der Waals surface area contributed by atoms with Crippen molar-refractivity contribution in [2.75, 3.05) is 27.3 Å². The Morgan fingerprint density at radius 3 is 2.48 bits per heavy atom. The number of carbonyl (C=O) groups is 1. The van der Waals surface area contributed by atoms with Gasteiger partial charge in [-0.2, -0.15) is 0 Å². The summed E-state index contributed by atoms with van der Waals surface area (Å²) in [5.41, 5.74) is 0.202. The van der Waals surface area contributed by atoms with Crippen LogP contribution < -0.4 is 5.32 Å². The summed E-state index contributed by atoms with van der Waals surface area (Å²) in [6.45, 7) is 3.57. The average Bonchev–Trinajstić information content (AvgIpc) is 2.48. The fourth-order valence-electron chi connectivity index (χ4n) is 3.77. The SMILES string of the molecule is COCC1(CNC(=O)[C@@H](C)N(C)C2CCCCC2)CCC1. The van der Waals surface area contributed by atoms with E-state index in [0.29, 0.717) is 6.04 Å². The number of ether oxygens (including phenoxy) is 1. The highest BCUT2D eigenvalue weighted by Gasteiger charge is 2.37. The maximum absolute atomic E-state index is 12.4. The Morgan fingerprint density at radius 1 is 1.29 bits per heavy atom. The Hall–Kier alpha value is -0.610. The van der Waals surface area contributed by atoms with Crippen molar-refractivity contribution in [3.8, 4) is 0 Å². The minimum Gasteiger partial charge on any atom is -0.384 e. The Kier molecular flexibility index (Phi) is 6.06. The van der Waals surface area contributed by atoms with Gasteiger partial charge >= 0.3 is 0 Å². The molecule has 0 aromatic carbocycles. The highest BCUT2D eigenvalue weighted by molar-refractivity contribution is 5.81. The summed E-state index contributed by atoms with van der Waals surface area (Å²) in [6, 6.07) is 0.545. The summed E-state index contributed by atoms with van der Waals surface area (Å²) in [7, 11) is 3.86. The molecule has 0 aliphatic heterocycles. The van der Waals surface area contributed by atoms with Crippen LogP contribution >= 0.6 is 0 Å². The van der Waals surface area contributed by atoms with Crippen molar-refractivity contribution in [3.05, 3.63) is 0 Å². The van der Waals surface area contributed by atoms with E-state index in [4.69, 9.17) is 4.74 Å². The predicted molar refractivity (Wildman–Crippen MR) is 85.3 cm³/mol. The van der Waals surface area contributed by atoms with E-state index >= 15 is 0 Å². The Balaban J connectivity index is 1.78. The lowest BCUT2D eigenvalue weighted by atomic mass is 9.69. The van der Waals surface area contributed by atoms with Crippen LogP contribution in [0.5, 0.6) is 0 Å². The number of carbonyl (C=O) groups excluding carboxylic acids is 1. The van der Waals surface area contributed by atoms with Gasteiger partial charge in [-0.3, -0.25) is 9.69 Å². The summed E-state index contributed by atoms with van der Waals surface area (Å²) >= 11 is 0. The van der Waals surface area contributed by atoms with Crippen molar-refractivity contribution in [3.63, 3.8) is 0 Å². The van der Waals surface area contributed by atoms with Crippen LogP contribution in [0.25, 0.3) is 0 Å². The number of rotatable bonds is 7. The van der Waals surface area contributed by atoms with Crippen LogP contribution in [-0.4, -0.2) is 50.2 Å². The molecule has 4 nitrogen and oxygen atoms in total. The number of nitrogens with zero attached hydrogens (tertiary/aromatic N) is 1. The summed E-state index contributed by atoms with van der Waals surface area (Å²) in [6.07, 6.45) is 10.0. The number of hydrogen-bond donors (Lipinski definition) is 1. The second-order valence-corrected chi connectivity index (χ2v) is 7.14. The van der Waals surface area contributed by atoms with Gasteiger partial charge < -0.3 is 10.1 Å². The molecule has 0 saturated heterocycles. The first-order chi connectivity index (χ1) is 10.1. The molecule has 0 aromatic rings. The number of likely N-dealkylation sites (N-methyl/N-ethyl adjacent to an activating group) is 1. The quantitative estimate of drug-likeness (QED) is 0.785. The monoisotopic (exact) mass is 296 g/mol. The molecule has 2 aliphatic rings. The molecule has 2 rings (SSSR count). The van der Waals surface area contributed by atoms with Crippen LogP contribution in [0.3, 0.4) is 0 Å². The van der Waals surface area contributed by atoms with Gasteiger partial charge in [0.15, 0.2) is 0 Å². The van der Waals surface area contributed by atoms with Gasteiger partial charge in [0, 0.05) is 25.1 Å². The van der Waals surface area contributed by atoms with E-state index in [2.05, 4.69) is 17.3 Å². The molecule has 21 heavy (non-hydrogen) atoms. The normalized spacial score (nSPS) is 23.6. The first-order valence-corrected chi connectivity index (χ1v) is 8.56. The third-order valence-corrected chi connectivity index (χ3v) is 5.64. The lowest BCUT2D eigenvalue weighted by molar-refractivity contribution is -0.127. The lowest BCUT2D eigenvalue weighted by Crippen LogP contribution is -2.52. The fraction of sp³-hybridized carbons (Fsp3) is 0.941. The fourth-order valence-corrected chi connectivity index (χ4v) is 3.77. The van der Waals surface area contributed by atoms with E-state index in [1.807, 2.05) is 6.92 Å². The molecule has 0 radical (unpaired) electrons. The number of methoxy groups -OCH3 is 1. The van der Waals surface area contributed by atoms with Gasteiger partial charge in [0.2, 0.25) is 5.91 Å². The smallest absolute Gasteiger partial charge is 0.237 e. The molecule has 0 unspecified atom stereocenters. The minimum absolute atomic E-state index is 0.0345. The standard InChI is InChI=1S/C17H32N2O2/c1-14(19(2)15-8-5-4-6-9-15)16(20)18-12-17(13-21-3)10-7-11-17/h14-15H,4-13H2,1-3H3,(H,18,20)/t14-/m1/s1. The molecule has 2 aliphatic carbocycles. The molecule has 1 amide bonds. The molecule has 122 valence electrons. The van der Waals surface area contributed by atoms with Gasteiger partial charge in [0.1, 0.15) is 0 Å². The van der Waals surface area contributed by atoms with Crippen LogP contribution in [-0.2, 0) is 9.53 Å². The highest BCUT2D eigenvalue weighted by atomic mass is 16.5. The molecule has 0 bridgehead atoms. The van der Waals surface area contributed by atoms with Gasteiger partial charge in [0.25, 0.3) is 0 Å². The van der Waals surface area contributed by atoms with Crippen molar-refractivity contribution in [2.24, 2.45) is 5.41 Å². The maximum atomic E-state index is 12.4. The van der Waals surface area contributed by atoms with Crippen molar-refractivity contribution in [1.82, 2.24) is 10.2 Å². The second kappa shape index (κ2) is 7.59. The maximum Gasteiger partial charge on any atom is 0.237 e. The zero-order valence-electron chi connectivity index (χ0n) is 14.0. The largest absolute Gasteiger partial charge is 0.384 e. The highest BCUT2D eigenvalue weighted by Crippen LogP contribution is 2.40. The average molecular weight is 296 g/mol. The Labute approximate surface area is 129 Å². The first kappa shape index (κ1) is 16.8. The minimum atomic E-state index is -0.0345. The third-order valence-electron chi connectivity index (χ3n) is 5.64. The van der Waals surface area contributed by atoms with Crippen molar-refractivity contribution >= 4 is 5.91 Å². The number of nitrogens with one attached hydrogen (secondary N) is 1. The molecular weight excluding hydrogens is 264 g/mol. The molecule has 4 heteroatoms. The van der Waals surface area contributed by atoms with Crippen LogP contribution in [0.4, 0.5) is 0 Å². The van der Waals surface area contributed by atoms with Crippen LogP contribution in [0.1, 0.15) is 58.3 Å². The van der Waals surface area contributed by atoms with Crippen LogP contribution in [0, 0.1) is 5.41 Å². The van der Waals surface area contributed by atoms with E-state index in [1.165, 1.54) is 51.4 Å². The zero-order chi connectivity index (χ0) is 15.3. The van der Waals surface area contributed by atoms with Gasteiger partial charge in [0.05, 0.1) is 12.6 Å². The number of hydrogen-bond acceptors (Lipinski definition) is 3. The number of amides is 1. The first-order valence-electron chi connectivity index (χ1n) is 8.56. The van der Waals surface area contributed by atoms with Crippen LogP contribution in [0.2, 0.25) is 0 Å². The molecule has 1 atom stereocenters. The lowest BCUT2D eigenvalue weighted by Gasteiger charge is -2.42. The Morgan fingerprint density at radius 2 is 1.95 bits per heavy atom. The van der Waals surface area contributed by atoms with Crippen molar-refractivity contribution in [1.29, 1.82) is 0 Å². The summed E-state index contributed by atoms with van der Waals surface area (Å²) < 4.78 is 5.32. The predicted octanol–water partition coefficient (Wildman–Crippen LogP) is 2.57. The van der Waals surface area contributed by atoms with Gasteiger partial charge in [-0.1, -0.05) is 25.7 Å². The topological polar surface area (TPSA) is 41.6 Å². The van der Waals surface area contributed by atoms with E-state index in [1.54, 1.807) is 7.11 Å². The van der Waals surface area contributed by atoms with E-state index in [-0.39, 0.29) is 17.4 Å². The summed E-state index contributed by atoms with van der Waals surface area (Å²) in [4.78, 5) is 14.7. The second-order valence-electron chi connectivity index (χ2n) is 7.14. The summed E-state index contributed by atoms with van der Waals surface area (Å²) in [5, 5.41) is 3.17. The van der Waals surface area contributed by atoms with E-state index < -0.39 is 0 Å². The summed E-state index contributed by atoms with van der Waals surface area (Å²) in [5.74, 6) is 0.172. The van der Waals surface area contributed by atoms with E-state index in [0.717, 1.165) is 13.2 Å². The Bertz CT molecular complexity index is 336. The van der Waals surface area contributed by atoms with Gasteiger partial charge in [-0.25, -0.2) is 0 Å². The molecular formula is C17H32N2O2. The van der Waals surface area contributed by atoms with Gasteiger partial charge in [-0.15, -0.1) is 0 Å². The third kappa shape index (κ3) is 4.19. The van der Waals surface area contributed by atoms with Crippen molar-refractivity contribution < 1.29 is 9.53 Å². The molecule has 2 fully saturated rings.